The topological polar surface area (TPSA) is 36.3 Å². The molecule has 0 aliphatic rings. The Morgan fingerprint density at radius 2 is 1.77 bits per heavy atom. The quantitative estimate of drug-likeness (QED) is 0.603. The van der Waals surface area contributed by atoms with Crippen molar-refractivity contribution in [1.82, 2.24) is 4.90 Å². The zero-order valence-electron chi connectivity index (χ0n) is 13.0. The van der Waals surface area contributed by atoms with Crippen molar-refractivity contribution in [1.29, 1.82) is 5.26 Å². The maximum atomic E-state index is 9.33. The van der Waals surface area contributed by atoms with Crippen molar-refractivity contribution < 1.29 is 4.74 Å². The average molecular weight is 292 g/mol. The summed E-state index contributed by atoms with van der Waals surface area (Å²) < 4.78 is 5.70. The molecule has 112 valence electrons. The predicted molar refractivity (Wildman–Crippen MR) is 89.2 cm³/mol. The van der Waals surface area contributed by atoms with Gasteiger partial charge in [0.15, 0.2) is 0 Å². The Labute approximate surface area is 132 Å². The SMILES string of the molecule is CN(C)CCO/C=C(/c1ccccc1)c1ccccc1C#N. The highest BCUT2D eigenvalue weighted by Crippen LogP contribution is 2.26. The van der Waals surface area contributed by atoms with Gasteiger partial charge in [-0.05, 0) is 25.7 Å². The van der Waals surface area contributed by atoms with Gasteiger partial charge in [-0.25, -0.2) is 0 Å². The van der Waals surface area contributed by atoms with Crippen LogP contribution in [0.25, 0.3) is 5.57 Å². The van der Waals surface area contributed by atoms with E-state index in [4.69, 9.17) is 4.74 Å². The molecule has 0 radical (unpaired) electrons. The van der Waals surface area contributed by atoms with Crippen molar-refractivity contribution in [2.45, 2.75) is 0 Å². The van der Waals surface area contributed by atoms with Gasteiger partial charge in [-0.15, -0.1) is 0 Å². The molecule has 3 heteroatoms. The van der Waals surface area contributed by atoms with E-state index in [1.165, 1.54) is 0 Å². The first kappa shape index (κ1) is 15.8. The lowest BCUT2D eigenvalue weighted by molar-refractivity contribution is 0.213. The van der Waals surface area contributed by atoms with Crippen molar-refractivity contribution in [3.05, 3.63) is 77.5 Å². The summed E-state index contributed by atoms with van der Waals surface area (Å²) in [4.78, 5) is 2.07. The molecule has 0 aliphatic carbocycles. The van der Waals surface area contributed by atoms with Crippen LogP contribution in [0.5, 0.6) is 0 Å². The van der Waals surface area contributed by atoms with Crippen LogP contribution < -0.4 is 0 Å². The van der Waals surface area contributed by atoms with Crippen molar-refractivity contribution >= 4 is 5.57 Å². The Kier molecular flexibility index (Phi) is 5.76. The second-order valence-corrected chi connectivity index (χ2v) is 5.23. The van der Waals surface area contributed by atoms with Crippen LogP contribution in [0.4, 0.5) is 0 Å². The fourth-order valence-corrected chi connectivity index (χ4v) is 2.10. The van der Waals surface area contributed by atoms with E-state index in [9.17, 15) is 5.26 Å². The zero-order valence-corrected chi connectivity index (χ0v) is 13.0. The Hall–Kier alpha value is -2.57. The number of hydrogen-bond acceptors (Lipinski definition) is 3. The van der Waals surface area contributed by atoms with E-state index in [1.807, 2.05) is 68.7 Å². The molecule has 0 amide bonds. The number of nitriles is 1. The summed E-state index contributed by atoms with van der Waals surface area (Å²) in [6.07, 6.45) is 1.76. The lowest BCUT2D eigenvalue weighted by Gasteiger charge is -2.12. The van der Waals surface area contributed by atoms with Gasteiger partial charge in [-0.1, -0.05) is 48.5 Å². The fourth-order valence-electron chi connectivity index (χ4n) is 2.10. The minimum absolute atomic E-state index is 0.609. The van der Waals surface area contributed by atoms with E-state index in [2.05, 4.69) is 11.0 Å². The number of nitrogens with zero attached hydrogens (tertiary/aromatic N) is 2. The molecular weight excluding hydrogens is 272 g/mol. The van der Waals surface area contributed by atoms with E-state index in [1.54, 1.807) is 6.26 Å². The number of hydrogen-bond donors (Lipinski definition) is 0. The third-order valence-corrected chi connectivity index (χ3v) is 3.28. The number of rotatable bonds is 6. The number of benzene rings is 2. The Bertz CT molecular complexity index is 669. The Morgan fingerprint density at radius 1 is 1.09 bits per heavy atom. The second-order valence-electron chi connectivity index (χ2n) is 5.23. The molecular formula is C19H20N2O. The highest BCUT2D eigenvalue weighted by atomic mass is 16.5. The normalized spacial score (nSPS) is 11.3. The van der Waals surface area contributed by atoms with Crippen LogP contribution in [0, 0.1) is 11.3 Å². The fraction of sp³-hybridized carbons (Fsp3) is 0.211. The molecule has 0 spiro atoms. The summed E-state index contributed by atoms with van der Waals surface area (Å²) >= 11 is 0. The summed E-state index contributed by atoms with van der Waals surface area (Å²) in [5.74, 6) is 0. The molecule has 0 saturated carbocycles. The monoisotopic (exact) mass is 292 g/mol. The first-order valence-corrected chi connectivity index (χ1v) is 7.24. The van der Waals surface area contributed by atoms with Gasteiger partial charge in [0.25, 0.3) is 0 Å². The van der Waals surface area contributed by atoms with Crippen LogP contribution in [-0.4, -0.2) is 32.1 Å². The van der Waals surface area contributed by atoms with Crippen molar-refractivity contribution in [3.63, 3.8) is 0 Å². The summed E-state index contributed by atoms with van der Waals surface area (Å²) in [6, 6.07) is 19.8. The zero-order chi connectivity index (χ0) is 15.8. The van der Waals surface area contributed by atoms with Gasteiger partial charge < -0.3 is 9.64 Å². The molecule has 22 heavy (non-hydrogen) atoms. The Morgan fingerprint density at radius 3 is 2.45 bits per heavy atom. The van der Waals surface area contributed by atoms with Gasteiger partial charge in [-0.3, -0.25) is 0 Å². The summed E-state index contributed by atoms with van der Waals surface area (Å²) in [7, 11) is 4.02. The van der Waals surface area contributed by atoms with E-state index in [0.29, 0.717) is 12.2 Å². The average Bonchev–Trinajstić information content (AvgIpc) is 2.55. The minimum Gasteiger partial charge on any atom is -0.499 e. The first-order valence-electron chi connectivity index (χ1n) is 7.24. The van der Waals surface area contributed by atoms with Crippen molar-refractivity contribution in [2.75, 3.05) is 27.2 Å². The highest BCUT2D eigenvalue weighted by molar-refractivity contribution is 5.81. The molecule has 0 aromatic heterocycles. The Balaban J connectivity index is 2.34. The molecule has 0 saturated heterocycles. The third kappa shape index (κ3) is 4.21. The molecule has 0 aliphatic heterocycles. The highest BCUT2D eigenvalue weighted by Gasteiger charge is 2.10. The van der Waals surface area contributed by atoms with E-state index in [0.717, 1.165) is 23.2 Å². The molecule has 0 atom stereocenters. The van der Waals surface area contributed by atoms with Gasteiger partial charge in [-0.2, -0.15) is 5.26 Å². The molecule has 2 rings (SSSR count). The van der Waals surface area contributed by atoms with Gasteiger partial charge in [0.2, 0.25) is 0 Å². The third-order valence-electron chi connectivity index (χ3n) is 3.28. The van der Waals surface area contributed by atoms with Crippen LogP contribution >= 0.6 is 0 Å². The summed E-state index contributed by atoms with van der Waals surface area (Å²) in [6.45, 7) is 1.45. The maximum absolute atomic E-state index is 9.33. The summed E-state index contributed by atoms with van der Waals surface area (Å²) in [5, 5.41) is 9.33. The van der Waals surface area contributed by atoms with Gasteiger partial charge in [0.05, 0.1) is 24.5 Å². The van der Waals surface area contributed by atoms with E-state index >= 15 is 0 Å². The van der Waals surface area contributed by atoms with E-state index in [-0.39, 0.29) is 0 Å². The molecule has 0 bridgehead atoms. The van der Waals surface area contributed by atoms with Crippen molar-refractivity contribution in [2.24, 2.45) is 0 Å². The van der Waals surface area contributed by atoms with Crippen LogP contribution in [0.3, 0.4) is 0 Å². The molecule has 2 aromatic rings. The molecule has 0 unspecified atom stereocenters. The van der Waals surface area contributed by atoms with Crippen LogP contribution in [-0.2, 0) is 4.74 Å². The molecule has 0 fully saturated rings. The number of ether oxygens (including phenoxy) is 1. The van der Waals surface area contributed by atoms with Crippen molar-refractivity contribution in [3.8, 4) is 6.07 Å². The van der Waals surface area contributed by atoms with Gasteiger partial charge in [0.1, 0.15) is 0 Å². The smallest absolute Gasteiger partial charge is 0.1000 e. The maximum Gasteiger partial charge on any atom is 0.1000 e. The van der Waals surface area contributed by atoms with Crippen LogP contribution in [0.15, 0.2) is 60.9 Å². The molecule has 0 heterocycles. The minimum atomic E-state index is 0.609. The molecule has 3 nitrogen and oxygen atoms in total. The van der Waals surface area contributed by atoms with E-state index < -0.39 is 0 Å². The first-order chi connectivity index (χ1) is 10.7. The lowest BCUT2D eigenvalue weighted by atomic mass is 9.95. The molecule has 0 N–H and O–H groups in total. The van der Waals surface area contributed by atoms with Gasteiger partial charge in [0, 0.05) is 17.7 Å². The number of likely N-dealkylation sites (N-methyl/N-ethyl adjacent to an activating group) is 1. The lowest BCUT2D eigenvalue weighted by Crippen LogP contribution is -2.17. The predicted octanol–water partition coefficient (Wildman–Crippen LogP) is 3.53. The van der Waals surface area contributed by atoms with Gasteiger partial charge >= 0.3 is 0 Å². The molecule has 2 aromatic carbocycles. The summed E-state index contributed by atoms with van der Waals surface area (Å²) in [5.41, 5.74) is 3.50. The van der Waals surface area contributed by atoms with Crippen LogP contribution in [0.2, 0.25) is 0 Å². The van der Waals surface area contributed by atoms with Crippen LogP contribution in [0.1, 0.15) is 16.7 Å². The standard InChI is InChI=1S/C19H20N2O/c1-21(2)12-13-22-15-19(16-8-4-3-5-9-16)18-11-7-6-10-17(18)14-20/h3-11,15H,12-13H2,1-2H3/b19-15-. The largest absolute Gasteiger partial charge is 0.499 e. The second kappa shape index (κ2) is 8.02.